The van der Waals surface area contributed by atoms with Gasteiger partial charge in [0.1, 0.15) is 18.3 Å². The van der Waals surface area contributed by atoms with Gasteiger partial charge in [-0.3, -0.25) is 19.6 Å². The minimum atomic E-state index is -5.08. The van der Waals surface area contributed by atoms with E-state index in [1.807, 2.05) is 0 Å². The molecule has 40 heavy (non-hydrogen) atoms. The van der Waals surface area contributed by atoms with Crippen molar-refractivity contribution >= 4 is 29.1 Å². The van der Waals surface area contributed by atoms with E-state index in [4.69, 9.17) is 17.3 Å². The molecule has 1 fully saturated rings. The fourth-order valence-electron chi connectivity index (χ4n) is 3.78. The maximum atomic E-state index is 13.1. The summed E-state index contributed by atoms with van der Waals surface area (Å²) in [4.78, 5) is 29.1. The van der Waals surface area contributed by atoms with Crippen molar-refractivity contribution in [2.45, 2.75) is 37.7 Å². The molecule has 1 aliphatic heterocycles. The van der Waals surface area contributed by atoms with E-state index in [0.717, 1.165) is 22.2 Å². The fourth-order valence-corrected chi connectivity index (χ4v) is 3.90. The SMILES string of the molecule is NC(=O)c1nc(CN2NN(c3ccc(Cl)cc3)C(C[C@H](O)C(F)(F)F)C2=O)nn1-c1ccccc1OC(F)(F)F. The molecule has 3 aromatic rings. The van der Waals surface area contributed by atoms with Crippen molar-refractivity contribution in [1.29, 1.82) is 0 Å². The minimum Gasteiger partial charge on any atom is -0.403 e. The Hall–Kier alpha value is -4.09. The summed E-state index contributed by atoms with van der Waals surface area (Å²) >= 11 is 5.87. The normalized spacial score (nSPS) is 16.9. The molecule has 4 N–H and O–H groups in total. The predicted molar refractivity (Wildman–Crippen MR) is 125 cm³/mol. The smallest absolute Gasteiger partial charge is 0.403 e. The van der Waals surface area contributed by atoms with Crippen LogP contribution in [0.15, 0.2) is 48.5 Å². The monoisotopic (exact) mass is 593 g/mol. The zero-order chi connectivity index (χ0) is 29.4. The van der Waals surface area contributed by atoms with E-state index in [1.54, 1.807) is 0 Å². The molecule has 2 amide bonds. The van der Waals surface area contributed by atoms with Crippen molar-refractivity contribution in [1.82, 2.24) is 25.3 Å². The highest BCUT2D eigenvalue weighted by Gasteiger charge is 2.47. The highest BCUT2D eigenvalue weighted by molar-refractivity contribution is 6.30. The number of ether oxygens (including phenoxy) is 1. The molecule has 4 rings (SSSR count). The van der Waals surface area contributed by atoms with Crippen LogP contribution in [0, 0.1) is 0 Å². The number of para-hydroxylation sites is 2. The van der Waals surface area contributed by atoms with E-state index in [-0.39, 0.29) is 17.2 Å². The largest absolute Gasteiger partial charge is 0.573 e. The van der Waals surface area contributed by atoms with Crippen LogP contribution < -0.4 is 21.0 Å². The summed E-state index contributed by atoms with van der Waals surface area (Å²) in [5.41, 5.74) is 7.78. The average Bonchev–Trinajstić information content (AvgIpc) is 3.40. The Morgan fingerprint density at radius 2 is 1.77 bits per heavy atom. The Balaban J connectivity index is 1.67. The lowest BCUT2D eigenvalue weighted by Gasteiger charge is -2.26. The van der Waals surface area contributed by atoms with Crippen molar-refractivity contribution in [2.75, 3.05) is 5.01 Å². The molecule has 214 valence electrons. The second-order valence-electron chi connectivity index (χ2n) is 8.32. The molecule has 0 radical (unpaired) electrons. The number of carbonyl (C=O) groups excluding carboxylic acids is 2. The zero-order valence-electron chi connectivity index (χ0n) is 19.8. The molecule has 18 heteroatoms. The number of nitrogens with one attached hydrogen (secondary N) is 1. The maximum Gasteiger partial charge on any atom is 0.573 e. The molecule has 1 unspecified atom stereocenters. The number of nitrogens with zero attached hydrogens (tertiary/aromatic N) is 5. The first-order valence-electron chi connectivity index (χ1n) is 11.1. The van der Waals surface area contributed by atoms with E-state index in [2.05, 4.69) is 20.4 Å². The van der Waals surface area contributed by atoms with Crippen molar-refractivity contribution in [2.24, 2.45) is 5.73 Å². The molecule has 0 bridgehead atoms. The Kier molecular flexibility index (Phi) is 7.82. The number of primary amides is 1. The maximum absolute atomic E-state index is 13.1. The number of alkyl halides is 6. The molecule has 1 aromatic heterocycles. The van der Waals surface area contributed by atoms with Crippen LogP contribution in [0.3, 0.4) is 0 Å². The molecular formula is C22H18ClF6N7O4. The van der Waals surface area contributed by atoms with E-state index in [1.165, 1.54) is 36.4 Å². The van der Waals surface area contributed by atoms with Gasteiger partial charge in [0.25, 0.3) is 11.8 Å². The predicted octanol–water partition coefficient (Wildman–Crippen LogP) is 2.87. The van der Waals surface area contributed by atoms with E-state index in [9.17, 15) is 41.0 Å². The molecule has 2 aromatic carbocycles. The summed E-state index contributed by atoms with van der Waals surface area (Å²) in [7, 11) is 0. The molecule has 0 saturated carbocycles. The number of hydrazine groups is 2. The van der Waals surface area contributed by atoms with Crippen LogP contribution in [-0.2, 0) is 11.3 Å². The summed E-state index contributed by atoms with van der Waals surface area (Å²) in [5.74, 6) is -3.78. The first-order valence-corrected chi connectivity index (χ1v) is 11.5. The summed E-state index contributed by atoms with van der Waals surface area (Å²) in [6.45, 7) is -0.572. The zero-order valence-corrected chi connectivity index (χ0v) is 20.6. The fraction of sp³-hybridized carbons (Fsp3) is 0.273. The van der Waals surface area contributed by atoms with E-state index < -0.39 is 61.0 Å². The number of anilines is 1. The molecule has 2 heterocycles. The van der Waals surface area contributed by atoms with Crippen LogP contribution in [-0.4, -0.2) is 61.4 Å². The van der Waals surface area contributed by atoms with Crippen molar-refractivity contribution in [3.63, 3.8) is 0 Å². The number of amides is 2. The minimum absolute atomic E-state index is 0.217. The summed E-state index contributed by atoms with van der Waals surface area (Å²) in [6.07, 6.45) is -14.0. The highest BCUT2D eigenvalue weighted by atomic mass is 35.5. The molecule has 1 saturated heterocycles. The average molecular weight is 594 g/mol. The van der Waals surface area contributed by atoms with Gasteiger partial charge in [-0.2, -0.15) is 13.2 Å². The third kappa shape index (κ3) is 6.37. The van der Waals surface area contributed by atoms with Crippen LogP contribution in [0.2, 0.25) is 5.02 Å². The third-order valence-corrected chi connectivity index (χ3v) is 5.76. The molecule has 1 aliphatic rings. The van der Waals surface area contributed by atoms with Gasteiger partial charge in [-0.1, -0.05) is 23.7 Å². The van der Waals surface area contributed by atoms with Crippen molar-refractivity contribution < 1.29 is 45.8 Å². The summed E-state index contributed by atoms with van der Waals surface area (Å²) in [6, 6.07) is 8.78. The number of rotatable bonds is 8. The summed E-state index contributed by atoms with van der Waals surface area (Å²) < 4.78 is 82.7. The van der Waals surface area contributed by atoms with Crippen LogP contribution in [0.4, 0.5) is 32.0 Å². The molecule has 2 atom stereocenters. The molecular weight excluding hydrogens is 576 g/mol. The molecule has 11 nitrogen and oxygen atoms in total. The highest BCUT2D eigenvalue weighted by Crippen LogP contribution is 2.31. The quantitative estimate of drug-likeness (QED) is 0.339. The Morgan fingerprint density at radius 1 is 1.12 bits per heavy atom. The molecule has 0 aliphatic carbocycles. The lowest BCUT2D eigenvalue weighted by molar-refractivity contribution is -0.274. The number of benzene rings is 2. The van der Waals surface area contributed by atoms with E-state index >= 15 is 0 Å². The van der Waals surface area contributed by atoms with Gasteiger partial charge in [0, 0.05) is 11.4 Å². The van der Waals surface area contributed by atoms with Gasteiger partial charge in [-0.25, -0.2) is 9.67 Å². The van der Waals surface area contributed by atoms with Gasteiger partial charge in [0.05, 0.1) is 5.69 Å². The van der Waals surface area contributed by atoms with Gasteiger partial charge in [-0.15, -0.1) is 23.8 Å². The van der Waals surface area contributed by atoms with Gasteiger partial charge >= 0.3 is 12.5 Å². The number of carbonyl (C=O) groups is 2. The summed E-state index contributed by atoms with van der Waals surface area (Å²) in [5, 5.41) is 15.8. The van der Waals surface area contributed by atoms with Crippen LogP contribution in [0.1, 0.15) is 22.9 Å². The van der Waals surface area contributed by atoms with Gasteiger partial charge in [-0.05, 0) is 36.4 Å². The topological polar surface area (TPSA) is 139 Å². The Labute approximate surface area is 225 Å². The van der Waals surface area contributed by atoms with Gasteiger partial charge in [0.15, 0.2) is 17.7 Å². The third-order valence-electron chi connectivity index (χ3n) is 5.51. The number of aliphatic hydroxyl groups excluding tert-OH is 1. The van der Waals surface area contributed by atoms with Crippen LogP contribution >= 0.6 is 11.6 Å². The first-order chi connectivity index (χ1) is 18.6. The van der Waals surface area contributed by atoms with Crippen LogP contribution in [0.5, 0.6) is 5.75 Å². The lowest BCUT2D eigenvalue weighted by atomic mass is 10.1. The second-order valence-corrected chi connectivity index (χ2v) is 8.76. The van der Waals surface area contributed by atoms with Gasteiger partial charge < -0.3 is 15.6 Å². The van der Waals surface area contributed by atoms with Crippen molar-refractivity contribution in [3.05, 3.63) is 65.2 Å². The van der Waals surface area contributed by atoms with Gasteiger partial charge in [0.2, 0.25) is 5.82 Å². The van der Waals surface area contributed by atoms with E-state index in [0.29, 0.717) is 9.70 Å². The number of halogens is 7. The standard InChI is InChI=1S/C22H18ClF6N7O4/c23-11-5-7-12(8-6-11)35-14(9-16(37)21(24,25)26)20(39)34(33-35)10-17-31-19(18(30)38)36(32-17)13-3-1-2-4-15(13)40-22(27,28)29/h1-8,14,16,33,37H,9-10H2,(H2,30,38)/t14?,16-/m0/s1. The van der Waals surface area contributed by atoms with Crippen LogP contribution in [0.25, 0.3) is 5.69 Å². The first kappa shape index (κ1) is 28.9. The number of hydrogen-bond acceptors (Lipinski definition) is 8. The second kappa shape index (κ2) is 10.8. The number of nitrogens with two attached hydrogens (primary N) is 1. The number of hydrogen-bond donors (Lipinski definition) is 3. The Bertz CT molecular complexity index is 1400. The number of aliphatic hydroxyl groups is 1. The lowest BCUT2D eigenvalue weighted by Crippen LogP contribution is -2.44. The van der Waals surface area contributed by atoms with Crippen molar-refractivity contribution in [3.8, 4) is 11.4 Å². The Morgan fingerprint density at radius 3 is 2.38 bits per heavy atom. The molecule has 0 spiro atoms. The number of aromatic nitrogens is 3.